The zero-order chi connectivity index (χ0) is 26.1. The second kappa shape index (κ2) is 12.3. The van der Waals surface area contributed by atoms with Gasteiger partial charge in [0.05, 0.1) is 25.3 Å². The lowest BCUT2D eigenvalue weighted by Crippen LogP contribution is -2.45. The lowest BCUT2D eigenvalue weighted by Gasteiger charge is -2.21. The van der Waals surface area contributed by atoms with Crippen molar-refractivity contribution in [3.05, 3.63) is 64.7 Å². The number of hydrogen-bond donors (Lipinski definition) is 2. The van der Waals surface area contributed by atoms with Crippen LogP contribution in [0.3, 0.4) is 0 Å². The molecule has 2 rings (SSSR count). The normalized spacial score (nSPS) is 11.3. The number of rotatable bonds is 9. The van der Waals surface area contributed by atoms with E-state index in [1.54, 1.807) is 38.1 Å². The molecule has 2 N–H and O–H groups in total. The highest BCUT2D eigenvalue weighted by atomic mass is 16.5. The van der Waals surface area contributed by atoms with E-state index in [1.165, 1.54) is 32.4 Å². The molecule has 10 heteroatoms. The number of anilines is 1. The molecule has 0 aromatic heterocycles. The Kier molecular flexibility index (Phi) is 9.51. The summed E-state index contributed by atoms with van der Waals surface area (Å²) >= 11 is 0. The molecule has 0 saturated carbocycles. The number of amides is 2. The minimum atomic E-state index is -0.981. The van der Waals surface area contributed by atoms with Crippen molar-refractivity contribution in [2.24, 2.45) is 5.92 Å². The van der Waals surface area contributed by atoms with E-state index in [1.807, 2.05) is 6.92 Å². The van der Waals surface area contributed by atoms with Crippen molar-refractivity contribution in [1.29, 1.82) is 0 Å². The fraction of sp³-hybridized carbons (Fsp3) is 0.320. The Morgan fingerprint density at radius 2 is 1.37 bits per heavy atom. The average molecular weight is 485 g/mol. The number of nitrogens with one attached hydrogen (secondary N) is 2. The Labute approximate surface area is 202 Å². The summed E-state index contributed by atoms with van der Waals surface area (Å²) in [5.74, 6) is -3.69. The van der Waals surface area contributed by atoms with Gasteiger partial charge in [-0.15, -0.1) is 0 Å². The van der Waals surface area contributed by atoms with Crippen LogP contribution in [0.2, 0.25) is 0 Å². The van der Waals surface area contributed by atoms with Gasteiger partial charge in [0.15, 0.2) is 6.61 Å². The van der Waals surface area contributed by atoms with E-state index in [0.717, 1.165) is 5.56 Å². The number of benzene rings is 2. The number of methoxy groups -OCH3 is 2. The zero-order valence-corrected chi connectivity index (χ0v) is 20.2. The van der Waals surface area contributed by atoms with Crippen LogP contribution in [0.4, 0.5) is 5.69 Å². The molecule has 0 spiro atoms. The Bertz CT molecular complexity index is 1070. The molecular weight excluding hydrogens is 456 g/mol. The first-order valence-electron chi connectivity index (χ1n) is 10.7. The van der Waals surface area contributed by atoms with Gasteiger partial charge in [-0.2, -0.15) is 0 Å². The molecule has 186 valence electrons. The maximum atomic E-state index is 12.6. The summed E-state index contributed by atoms with van der Waals surface area (Å²) in [6.07, 6.45) is 0. The van der Waals surface area contributed by atoms with E-state index in [9.17, 15) is 24.0 Å². The Balaban J connectivity index is 2.05. The van der Waals surface area contributed by atoms with Crippen molar-refractivity contribution in [2.45, 2.75) is 26.8 Å². The van der Waals surface area contributed by atoms with E-state index in [0.29, 0.717) is 5.56 Å². The van der Waals surface area contributed by atoms with Gasteiger partial charge in [-0.25, -0.2) is 14.4 Å². The summed E-state index contributed by atoms with van der Waals surface area (Å²) in [5.41, 5.74) is 1.51. The maximum Gasteiger partial charge on any atom is 0.337 e. The monoisotopic (exact) mass is 484 g/mol. The summed E-state index contributed by atoms with van der Waals surface area (Å²) in [6, 6.07) is 9.73. The number of carbonyl (C=O) groups is 5. The molecule has 0 saturated heterocycles. The predicted octanol–water partition coefficient (Wildman–Crippen LogP) is 2.50. The molecule has 0 radical (unpaired) electrons. The molecule has 1 unspecified atom stereocenters. The molecule has 0 fully saturated rings. The number of hydrogen-bond acceptors (Lipinski definition) is 8. The molecule has 2 aromatic carbocycles. The van der Waals surface area contributed by atoms with Crippen LogP contribution in [0.1, 0.15) is 50.5 Å². The van der Waals surface area contributed by atoms with E-state index < -0.39 is 42.4 Å². The van der Waals surface area contributed by atoms with Crippen molar-refractivity contribution in [2.75, 3.05) is 26.1 Å². The Hall–Kier alpha value is -4.21. The van der Waals surface area contributed by atoms with Crippen LogP contribution < -0.4 is 10.6 Å². The first-order valence-corrected chi connectivity index (χ1v) is 10.7. The number of aryl methyl sites for hydroxylation is 1. The van der Waals surface area contributed by atoms with Crippen LogP contribution in [0.15, 0.2) is 42.5 Å². The fourth-order valence-electron chi connectivity index (χ4n) is 3.02. The first-order chi connectivity index (χ1) is 16.5. The second-order valence-corrected chi connectivity index (χ2v) is 8.00. The van der Waals surface area contributed by atoms with Crippen LogP contribution in [0.5, 0.6) is 0 Å². The maximum absolute atomic E-state index is 12.6. The van der Waals surface area contributed by atoms with Gasteiger partial charge in [-0.1, -0.05) is 31.5 Å². The third kappa shape index (κ3) is 7.66. The first kappa shape index (κ1) is 27.0. The van der Waals surface area contributed by atoms with Gasteiger partial charge in [0.25, 0.3) is 11.8 Å². The topological polar surface area (TPSA) is 137 Å². The molecule has 2 amide bonds. The summed E-state index contributed by atoms with van der Waals surface area (Å²) in [5, 5.41) is 5.09. The third-order valence-electron chi connectivity index (χ3n) is 4.93. The van der Waals surface area contributed by atoms with Crippen molar-refractivity contribution < 1.29 is 38.2 Å². The van der Waals surface area contributed by atoms with Gasteiger partial charge in [0.2, 0.25) is 0 Å². The second-order valence-electron chi connectivity index (χ2n) is 8.00. The predicted molar refractivity (Wildman–Crippen MR) is 126 cm³/mol. The van der Waals surface area contributed by atoms with Gasteiger partial charge in [-0.05, 0) is 43.2 Å². The molecule has 10 nitrogen and oxygen atoms in total. The van der Waals surface area contributed by atoms with Crippen LogP contribution >= 0.6 is 0 Å². The zero-order valence-electron chi connectivity index (χ0n) is 20.2. The van der Waals surface area contributed by atoms with E-state index in [2.05, 4.69) is 20.1 Å². The molecule has 35 heavy (non-hydrogen) atoms. The SMILES string of the molecule is COC(=O)c1cc(NC(=O)COC(=O)C(NC(=O)c2ccc(C)cc2)C(C)C)cc(C(=O)OC)c1. The highest BCUT2D eigenvalue weighted by Gasteiger charge is 2.27. The standard InChI is InChI=1S/C25H28N2O8/c1-14(2)21(27-22(29)16-8-6-15(3)7-9-16)25(32)35-13-20(28)26-19-11-17(23(30)33-4)10-18(12-19)24(31)34-5/h6-12,14,21H,13H2,1-5H3,(H,26,28)(H,27,29). The highest BCUT2D eigenvalue weighted by Crippen LogP contribution is 2.17. The molecule has 2 aromatic rings. The third-order valence-corrected chi connectivity index (χ3v) is 4.93. The molecule has 0 heterocycles. The van der Waals surface area contributed by atoms with Crippen molar-refractivity contribution in [3.8, 4) is 0 Å². The molecule has 0 aliphatic heterocycles. The smallest absolute Gasteiger partial charge is 0.337 e. The fourth-order valence-corrected chi connectivity index (χ4v) is 3.02. The van der Waals surface area contributed by atoms with Crippen molar-refractivity contribution in [3.63, 3.8) is 0 Å². The lowest BCUT2D eigenvalue weighted by atomic mass is 10.0. The molecule has 1 atom stereocenters. The molecule has 0 aliphatic carbocycles. The Morgan fingerprint density at radius 1 is 0.829 bits per heavy atom. The number of carbonyl (C=O) groups excluding carboxylic acids is 5. The molecule has 0 aliphatic rings. The van der Waals surface area contributed by atoms with E-state index in [4.69, 9.17) is 4.74 Å². The van der Waals surface area contributed by atoms with Gasteiger partial charge in [0.1, 0.15) is 6.04 Å². The number of esters is 3. The molecular formula is C25H28N2O8. The highest BCUT2D eigenvalue weighted by molar-refractivity contribution is 6.00. The van der Waals surface area contributed by atoms with Crippen LogP contribution in [-0.4, -0.2) is 56.6 Å². The summed E-state index contributed by atoms with van der Waals surface area (Å²) in [4.78, 5) is 61.2. The van der Waals surface area contributed by atoms with Gasteiger partial charge >= 0.3 is 17.9 Å². The van der Waals surface area contributed by atoms with Crippen molar-refractivity contribution >= 4 is 35.4 Å². The average Bonchev–Trinajstić information content (AvgIpc) is 2.84. The summed E-state index contributed by atoms with van der Waals surface area (Å²) in [6.45, 7) is 4.70. The summed E-state index contributed by atoms with van der Waals surface area (Å²) in [7, 11) is 2.35. The van der Waals surface area contributed by atoms with Gasteiger partial charge in [0, 0.05) is 11.3 Å². The summed E-state index contributed by atoms with van der Waals surface area (Å²) < 4.78 is 14.4. The van der Waals surface area contributed by atoms with Crippen LogP contribution in [0.25, 0.3) is 0 Å². The van der Waals surface area contributed by atoms with Crippen LogP contribution in [-0.2, 0) is 23.8 Å². The lowest BCUT2D eigenvalue weighted by molar-refractivity contribution is -0.150. The van der Waals surface area contributed by atoms with Crippen LogP contribution in [0, 0.1) is 12.8 Å². The molecule has 0 bridgehead atoms. The largest absolute Gasteiger partial charge is 0.465 e. The Morgan fingerprint density at radius 3 is 1.86 bits per heavy atom. The van der Waals surface area contributed by atoms with E-state index >= 15 is 0 Å². The van der Waals surface area contributed by atoms with Gasteiger partial charge in [-0.3, -0.25) is 9.59 Å². The van der Waals surface area contributed by atoms with Gasteiger partial charge < -0.3 is 24.8 Å². The van der Waals surface area contributed by atoms with Crippen molar-refractivity contribution in [1.82, 2.24) is 5.32 Å². The minimum absolute atomic E-state index is 0.0152. The number of ether oxygens (including phenoxy) is 3. The van der Waals surface area contributed by atoms with E-state index in [-0.39, 0.29) is 22.7 Å². The quantitative estimate of drug-likeness (QED) is 0.409. The minimum Gasteiger partial charge on any atom is -0.465 e.